The highest BCUT2D eigenvalue weighted by molar-refractivity contribution is 5.52. The van der Waals surface area contributed by atoms with Crippen molar-refractivity contribution in [2.24, 2.45) is 0 Å². The van der Waals surface area contributed by atoms with Gasteiger partial charge in [-0.3, -0.25) is 4.90 Å². The Morgan fingerprint density at radius 2 is 2.12 bits per heavy atom. The Kier molecular flexibility index (Phi) is 3.59. The molecule has 1 aliphatic heterocycles. The van der Waals surface area contributed by atoms with Crippen LogP contribution in [0.2, 0.25) is 0 Å². The topological polar surface area (TPSA) is 49.5 Å². The van der Waals surface area contributed by atoms with Gasteiger partial charge in [-0.25, -0.2) is 8.78 Å². The lowest BCUT2D eigenvalue weighted by Gasteiger charge is -2.29. The van der Waals surface area contributed by atoms with Gasteiger partial charge in [-0.05, 0) is 23.6 Å². The first-order valence-electron chi connectivity index (χ1n) is 5.61. The normalized spacial score (nSPS) is 16.2. The average molecular weight is 242 g/mol. The molecule has 0 spiro atoms. The van der Waals surface area contributed by atoms with Crippen molar-refractivity contribution < 1.29 is 13.9 Å². The number of rotatable bonds is 3. The molecular weight excluding hydrogens is 226 g/mol. The summed E-state index contributed by atoms with van der Waals surface area (Å²) in [6.45, 7) is 0.864. The fourth-order valence-electron chi connectivity index (χ4n) is 2.23. The van der Waals surface area contributed by atoms with Crippen molar-refractivity contribution in [3.05, 3.63) is 28.8 Å². The lowest BCUT2D eigenvalue weighted by atomic mass is 9.96. The van der Waals surface area contributed by atoms with Crippen LogP contribution < -0.4 is 5.73 Å². The second kappa shape index (κ2) is 4.98. The van der Waals surface area contributed by atoms with Crippen molar-refractivity contribution in [2.45, 2.75) is 26.0 Å². The number of anilines is 1. The van der Waals surface area contributed by atoms with Crippen LogP contribution in [-0.4, -0.2) is 29.5 Å². The Balaban J connectivity index is 2.18. The van der Waals surface area contributed by atoms with Crippen LogP contribution in [-0.2, 0) is 19.6 Å². The lowest BCUT2D eigenvalue weighted by Crippen LogP contribution is -2.34. The molecule has 1 aliphatic rings. The van der Waals surface area contributed by atoms with Crippen LogP contribution in [0.25, 0.3) is 0 Å². The third-order valence-corrected chi connectivity index (χ3v) is 3.12. The molecule has 0 saturated heterocycles. The van der Waals surface area contributed by atoms with E-state index in [1.807, 2.05) is 6.07 Å². The molecule has 0 radical (unpaired) electrons. The van der Waals surface area contributed by atoms with Gasteiger partial charge in [-0.2, -0.15) is 0 Å². The van der Waals surface area contributed by atoms with E-state index in [1.165, 1.54) is 0 Å². The monoisotopic (exact) mass is 242 g/mol. The first-order valence-corrected chi connectivity index (χ1v) is 5.61. The van der Waals surface area contributed by atoms with Gasteiger partial charge in [0.1, 0.15) is 0 Å². The molecule has 17 heavy (non-hydrogen) atoms. The van der Waals surface area contributed by atoms with E-state index in [9.17, 15) is 8.78 Å². The molecule has 2 rings (SSSR count). The molecule has 1 heterocycles. The van der Waals surface area contributed by atoms with Gasteiger partial charge in [-0.15, -0.1) is 0 Å². The Bertz CT molecular complexity index is 410. The van der Waals surface area contributed by atoms with E-state index < -0.39 is 6.43 Å². The smallest absolute Gasteiger partial charge is 0.251 e. The van der Waals surface area contributed by atoms with Gasteiger partial charge in [0.25, 0.3) is 6.43 Å². The maximum Gasteiger partial charge on any atom is 0.251 e. The Labute approximate surface area is 98.8 Å². The zero-order chi connectivity index (χ0) is 12.4. The molecule has 0 amide bonds. The largest absolute Gasteiger partial charge is 0.398 e. The second-order valence-electron chi connectivity index (χ2n) is 4.35. The van der Waals surface area contributed by atoms with Crippen molar-refractivity contribution in [3.63, 3.8) is 0 Å². The molecule has 94 valence electrons. The van der Waals surface area contributed by atoms with Crippen LogP contribution >= 0.6 is 0 Å². The molecular formula is C12H16F2N2O. The summed E-state index contributed by atoms with van der Waals surface area (Å²) < 4.78 is 24.6. The van der Waals surface area contributed by atoms with Crippen LogP contribution in [0.3, 0.4) is 0 Å². The van der Waals surface area contributed by atoms with Gasteiger partial charge in [-0.1, -0.05) is 6.07 Å². The molecule has 0 fully saturated rings. The van der Waals surface area contributed by atoms with E-state index in [2.05, 4.69) is 0 Å². The maximum atomic E-state index is 12.3. The summed E-state index contributed by atoms with van der Waals surface area (Å²) in [5.41, 5.74) is 9.12. The molecule has 0 unspecified atom stereocenters. The molecule has 1 aromatic rings. The molecule has 0 bridgehead atoms. The van der Waals surface area contributed by atoms with Gasteiger partial charge >= 0.3 is 0 Å². The number of hydrogen-bond donors (Lipinski definition) is 2. The summed E-state index contributed by atoms with van der Waals surface area (Å²) in [5.74, 6) is 0. The molecule has 3 nitrogen and oxygen atoms in total. The molecule has 5 heteroatoms. The van der Waals surface area contributed by atoms with Crippen molar-refractivity contribution in [3.8, 4) is 0 Å². The number of alkyl halides is 2. The van der Waals surface area contributed by atoms with Crippen LogP contribution in [0.15, 0.2) is 12.1 Å². The Morgan fingerprint density at radius 1 is 1.35 bits per heavy atom. The van der Waals surface area contributed by atoms with Gasteiger partial charge in [0.05, 0.1) is 13.2 Å². The Hall–Kier alpha value is -1.20. The highest BCUT2D eigenvalue weighted by Crippen LogP contribution is 2.25. The first-order chi connectivity index (χ1) is 8.10. The lowest BCUT2D eigenvalue weighted by molar-refractivity contribution is 0.0820. The second-order valence-corrected chi connectivity index (χ2v) is 4.35. The number of nitrogens with zero attached hydrogens (tertiary/aromatic N) is 1. The van der Waals surface area contributed by atoms with Crippen LogP contribution in [0, 0.1) is 0 Å². The summed E-state index contributed by atoms with van der Waals surface area (Å²) in [4.78, 5) is 1.73. The molecule has 0 aromatic heterocycles. The van der Waals surface area contributed by atoms with E-state index in [4.69, 9.17) is 10.8 Å². The Morgan fingerprint density at radius 3 is 2.76 bits per heavy atom. The van der Waals surface area contributed by atoms with Crippen molar-refractivity contribution in [2.75, 3.05) is 18.8 Å². The summed E-state index contributed by atoms with van der Waals surface area (Å²) >= 11 is 0. The van der Waals surface area contributed by atoms with E-state index in [-0.39, 0.29) is 13.2 Å². The summed E-state index contributed by atoms with van der Waals surface area (Å²) in [7, 11) is 0. The number of hydrogen-bond acceptors (Lipinski definition) is 3. The van der Waals surface area contributed by atoms with E-state index >= 15 is 0 Å². The van der Waals surface area contributed by atoms with Gasteiger partial charge in [0.15, 0.2) is 0 Å². The van der Waals surface area contributed by atoms with E-state index in [1.54, 1.807) is 11.0 Å². The predicted octanol–water partition coefficient (Wildman–Crippen LogP) is 1.38. The minimum absolute atomic E-state index is 0.0835. The third-order valence-electron chi connectivity index (χ3n) is 3.12. The highest BCUT2D eigenvalue weighted by Gasteiger charge is 2.20. The van der Waals surface area contributed by atoms with Crippen molar-refractivity contribution in [1.29, 1.82) is 0 Å². The molecule has 0 atom stereocenters. The molecule has 0 saturated carbocycles. The fraction of sp³-hybridized carbons (Fsp3) is 0.500. The number of fused-ring (bicyclic) bond motifs is 1. The quantitative estimate of drug-likeness (QED) is 0.787. The summed E-state index contributed by atoms with van der Waals surface area (Å²) in [6.07, 6.45) is -1.57. The zero-order valence-corrected chi connectivity index (χ0v) is 9.50. The van der Waals surface area contributed by atoms with E-state index in [0.717, 1.165) is 17.5 Å². The third kappa shape index (κ3) is 2.73. The van der Waals surface area contributed by atoms with Crippen LogP contribution in [0.4, 0.5) is 14.5 Å². The zero-order valence-electron chi connectivity index (χ0n) is 9.50. The van der Waals surface area contributed by atoms with Gasteiger partial charge < -0.3 is 10.8 Å². The van der Waals surface area contributed by atoms with E-state index in [0.29, 0.717) is 24.3 Å². The minimum atomic E-state index is -2.30. The number of nitrogen functional groups attached to an aromatic ring is 1. The number of halogens is 2. The molecule has 1 aromatic carbocycles. The standard InChI is InChI=1S/C12H16F2N2O/c13-12(14)6-16-2-1-8-3-10(7-17)11(15)4-9(8)5-16/h3-4,12,17H,1-2,5-7,15H2. The van der Waals surface area contributed by atoms with Crippen LogP contribution in [0.1, 0.15) is 16.7 Å². The van der Waals surface area contributed by atoms with Gasteiger partial charge in [0, 0.05) is 24.3 Å². The SMILES string of the molecule is Nc1cc2c(cc1CO)CCN(CC(F)F)C2. The molecule has 3 N–H and O–H groups in total. The predicted molar refractivity (Wildman–Crippen MR) is 61.8 cm³/mol. The fourth-order valence-corrected chi connectivity index (χ4v) is 2.23. The maximum absolute atomic E-state index is 12.3. The van der Waals surface area contributed by atoms with Crippen molar-refractivity contribution >= 4 is 5.69 Å². The summed E-state index contributed by atoms with van der Waals surface area (Å²) in [5, 5.41) is 9.10. The minimum Gasteiger partial charge on any atom is -0.398 e. The average Bonchev–Trinajstić information content (AvgIpc) is 2.27. The van der Waals surface area contributed by atoms with Crippen LogP contribution in [0.5, 0.6) is 0 Å². The first kappa shape index (κ1) is 12.3. The number of aliphatic hydroxyl groups is 1. The molecule has 0 aliphatic carbocycles. The van der Waals surface area contributed by atoms with Gasteiger partial charge in [0.2, 0.25) is 0 Å². The number of aliphatic hydroxyl groups excluding tert-OH is 1. The summed E-state index contributed by atoms with van der Waals surface area (Å²) in [6, 6.07) is 3.67. The number of nitrogens with two attached hydrogens (primary N) is 1. The van der Waals surface area contributed by atoms with Crippen molar-refractivity contribution in [1.82, 2.24) is 4.90 Å². The highest BCUT2D eigenvalue weighted by atomic mass is 19.3. The number of benzene rings is 1.